The van der Waals surface area contributed by atoms with E-state index in [9.17, 15) is 4.79 Å². The van der Waals surface area contributed by atoms with Crippen molar-refractivity contribution in [2.75, 3.05) is 0 Å². The molecule has 7 nitrogen and oxygen atoms in total. The average molecular weight is 293 g/mol. The van der Waals surface area contributed by atoms with E-state index < -0.39 is 6.04 Å². The van der Waals surface area contributed by atoms with E-state index in [1.54, 1.807) is 25.3 Å². The number of hydrogen-bond donors (Lipinski definition) is 3. The van der Waals surface area contributed by atoms with Gasteiger partial charge in [0.2, 0.25) is 5.91 Å². The van der Waals surface area contributed by atoms with Gasteiger partial charge in [0.1, 0.15) is 6.10 Å². The summed E-state index contributed by atoms with van der Waals surface area (Å²) < 4.78 is 0. The maximum Gasteiger partial charge on any atom is 0.236 e. The first kappa shape index (κ1) is 16.9. The summed E-state index contributed by atoms with van der Waals surface area (Å²) >= 11 is 0. The van der Waals surface area contributed by atoms with Crippen molar-refractivity contribution in [3.8, 4) is 0 Å². The number of pyridine rings is 1. The number of carbonyl (C=O) groups excluding carboxylic acids is 1. The van der Waals surface area contributed by atoms with Crippen LogP contribution in [0.2, 0.25) is 0 Å². The molecule has 1 rings (SSSR count). The Morgan fingerprint density at radius 3 is 2.71 bits per heavy atom. The van der Waals surface area contributed by atoms with Gasteiger partial charge in [-0.25, -0.2) is 0 Å². The number of aromatic nitrogens is 1. The highest BCUT2D eigenvalue weighted by Crippen LogP contribution is 2.02. The fraction of sp³-hybridized carbons (Fsp3) is 0.500. The highest BCUT2D eigenvalue weighted by atomic mass is 16.6. The summed E-state index contributed by atoms with van der Waals surface area (Å²) in [6, 6.07) is 3.01. The smallest absolute Gasteiger partial charge is 0.236 e. The summed E-state index contributed by atoms with van der Waals surface area (Å²) in [7, 11) is 0. The normalized spacial score (nSPS) is 14.4. The lowest BCUT2D eigenvalue weighted by Crippen LogP contribution is -2.37. The Morgan fingerprint density at radius 2 is 2.19 bits per heavy atom. The number of amidine groups is 1. The molecule has 2 atom stereocenters. The van der Waals surface area contributed by atoms with Gasteiger partial charge in [0, 0.05) is 11.8 Å². The van der Waals surface area contributed by atoms with Crippen molar-refractivity contribution >= 4 is 11.7 Å². The van der Waals surface area contributed by atoms with Gasteiger partial charge in [-0.05, 0) is 32.4 Å². The van der Waals surface area contributed by atoms with Crippen LogP contribution in [0.1, 0.15) is 38.4 Å². The first-order valence-electron chi connectivity index (χ1n) is 6.92. The molecule has 1 aromatic heterocycles. The number of nitrogens with zero attached hydrogens (tertiary/aromatic N) is 2. The molecule has 2 unspecified atom stereocenters. The van der Waals surface area contributed by atoms with Crippen molar-refractivity contribution in [1.82, 2.24) is 10.3 Å². The fourth-order valence-electron chi connectivity index (χ4n) is 1.29. The van der Waals surface area contributed by atoms with E-state index >= 15 is 0 Å². The molecule has 0 fully saturated rings. The van der Waals surface area contributed by atoms with E-state index in [0.29, 0.717) is 17.8 Å². The second kappa shape index (κ2) is 8.21. The minimum absolute atomic E-state index is 0.0178. The van der Waals surface area contributed by atoms with Gasteiger partial charge < -0.3 is 21.6 Å². The molecule has 5 N–H and O–H groups in total. The second-order valence-corrected chi connectivity index (χ2v) is 4.85. The molecule has 0 saturated heterocycles. The Labute approximate surface area is 124 Å². The third kappa shape index (κ3) is 5.78. The standard InChI is InChI=1S/C14H23N5O2/c1-4-9(2)21-19-13(16)11-5-6-12(17-7-11)8-18-14(20)10(3)15/h5-7,9-10H,4,8,15H2,1-3H3,(H2,16,19)(H,18,20). The zero-order chi connectivity index (χ0) is 15.8. The van der Waals surface area contributed by atoms with Crippen molar-refractivity contribution in [3.05, 3.63) is 29.6 Å². The molecule has 0 aromatic carbocycles. The maximum absolute atomic E-state index is 11.3. The molecular formula is C14H23N5O2. The van der Waals surface area contributed by atoms with Crippen LogP contribution in [-0.4, -0.2) is 28.9 Å². The lowest BCUT2D eigenvalue weighted by Gasteiger charge is -2.08. The third-order valence-corrected chi connectivity index (χ3v) is 2.88. The van der Waals surface area contributed by atoms with Crippen LogP contribution in [0.25, 0.3) is 0 Å². The minimum Gasteiger partial charge on any atom is -0.391 e. The Balaban J connectivity index is 2.59. The van der Waals surface area contributed by atoms with Crippen molar-refractivity contribution in [1.29, 1.82) is 0 Å². The van der Waals surface area contributed by atoms with Gasteiger partial charge in [0.25, 0.3) is 0 Å². The zero-order valence-corrected chi connectivity index (χ0v) is 12.7. The molecule has 116 valence electrons. The van der Waals surface area contributed by atoms with Crippen LogP contribution in [0.15, 0.2) is 23.5 Å². The van der Waals surface area contributed by atoms with E-state index in [4.69, 9.17) is 16.3 Å². The van der Waals surface area contributed by atoms with Crippen molar-refractivity contribution in [3.63, 3.8) is 0 Å². The lowest BCUT2D eigenvalue weighted by molar-refractivity contribution is -0.122. The van der Waals surface area contributed by atoms with Gasteiger partial charge in [0.15, 0.2) is 5.84 Å². The summed E-state index contributed by atoms with van der Waals surface area (Å²) in [6.45, 7) is 5.86. The summed E-state index contributed by atoms with van der Waals surface area (Å²) in [4.78, 5) is 20.8. The van der Waals surface area contributed by atoms with Crippen LogP contribution in [0.5, 0.6) is 0 Å². The summed E-state index contributed by atoms with van der Waals surface area (Å²) in [6.07, 6.45) is 2.46. The Morgan fingerprint density at radius 1 is 1.48 bits per heavy atom. The zero-order valence-electron chi connectivity index (χ0n) is 12.7. The Kier molecular flexibility index (Phi) is 6.61. The van der Waals surface area contributed by atoms with Crippen molar-refractivity contribution in [2.45, 2.75) is 45.9 Å². The number of hydrogen-bond acceptors (Lipinski definition) is 5. The lowest BCUT2D eigenvalue weighted by atomic mass is 10.2. The van der Waals surface area contributed by atoms with Gasteiger partial charge >= 0.3 is 0 Å². The Hall–Kier alpha value is -2.15. The van der Waals surface area contributed by atoms with Crippen LogP contribution >= 0.6 is 0 Å². The minimum atomic E-state index is -0.537. The highest BCUT2D eigenvalue weighted by molar-refractivity contribution is 5.96. The van der Waals surface area contributed by atoms with Crippen LogP contribution in [0.4, 0.5) is 0 Å². The van der Waals surface area contributed by atoms with Gasteiger partial charge in [-0.1, -0.05) is 12.1 Å². The molecular weight excluding hydrogens is 270 g/mol. The number of carbonyl (C=O) groups is 1. The van der Waals surface area contributed by atoms with Crippen LogP contribution in [-0.2, 0) is 16.2 Å². The number of nitrogens with two attached hydrogens (primary N) is 2. The predicted molar refractivity (Wildman–Crippen MR) is 81.3 cm³/mol. The Bertz CT molecular complexity index is 485. The molecule has 21 heavy (non-hydrogen) atoms. The summed E-state index contributed by atoms with van der Waals surface area (Å²) in [5.41, 5.74) is 12.6. The van der Waals surface area contributed by atoms with E-state index in [0.717, 1.165) is 6.42 Å². The highest BCUT2D eigenvalue weighted by Gasteiger charge is 2.07. The van der Waals surface area contributed by atoms with Crippen LogP contribution in [0.3, 0.4) is 0 Å². The first-order chi connectivity index (χ1) is 9.93. The van der Waals surface area contributed by atoms with E-state index in [2.05, 4.69) is 15.5 Å². The molecule has 0 radical (unpaired) electrons. The van der Waals surface area contributed by atoms with Gasteiger partial charge in [-0.3, -0.25) is 9.78 Å². The van der Waals surface area contributed by atoms with Crippen molar-refractivity contribution < 1.29 is 9.63 Å². The number of oxime groups is 1. The molecule has 1 heterocycles. The van der Waals surface area contributed by atoms with E-state index in [1.807, 2.05) is 13.8 Å². The molecule has 0 spiro atoms. The van der Waals surface area contributed by atoms with Gasteiger partial charge in [-0.15, -0.1) is 0 Å². The van der Waals surface area contributed by atoms with Crippen LogP contribution in [0, 0.1) is 0 Å². The fourth-order valence-corrected chi connectivity index (χ4v) is 1.29. The summed E-state index contributed by atoms with van der Waals surface area (Å²) in [5.74, 6) is 0.0536. The van der Waals surface area contributed by atoms with Gasteiger partial charge in [-0.2, -0.15) is 0 Å². The molecule has 0 bridgehead atoms. The topological polar surface area (TPSA) is 116 Å². The van der Waals surface area contributed by atoms with Crippen LogP contribution < -0.4 is 16.8 Å². The molecule has 0 aliphatic heterocycles. The monoisotopic (exact) mass is 293 g/mol. The van der Waals surface area contributed by atoms with Gasteiger partial charge in [0.05, 0.1) is 18.3 Å². The van der Waals surface area contributed by atoms with E-state index in [1.165, 1.54) is 0 Å². The first-order valence-corrected chi connectivity index (χ1v) is 6.92. The SMILES string of the molecule is CCC(C)O/N=C(/N)c1ccc(CNC(=O)C(C)N)nc1. The van der Waals surface area contributed by atoms with E-state index in [-0.39, 0.29) is 17.8 Å². The maximum atomic E-state index is 11.3. The number of rotatable bonds is 7. The molecule has 0 saturated carbocycles. The predicted octanol–water partition coefficient (Wildman–Crippen LogP) is 0.480. The third-order valence-electron chi connectivity index (χ3n) is 2.88. The number of amides is 1. The molecule has 1 amide bonds. The quantitative estimate of drug-likeness (QED) is 0.384. The average Bonchev–Trinajstić information content (AvgIpc) is 2.50. The molecule has 7 heteroatoms. The molecule has 0 aliphatic rings. The van der Waals surface area contributed by atoms with Crippen molar-refractivity contribution in [2.24, 2.45) is 16.6 Å². The summed E-state index contributed by atoms with van der Waals surface area (Å²) in [5, 5.41) is 6.54. The molecule has 1 aromatic rings. The second-order valence-electron chi connectivity index (χ2n) is 4.85. The molecule has 0 aliphatic carbocycles. The largest absolute Gasteiger partial charge is 0.391 e. The number of nitrogens with one attached hydrogen (secondary N) is 1.